The molecule has 1 unspecified atom stereocenters. The maximum atomic E-state index is 11.6. The van der Waals surface area contributed by atoms with Gasteiger partial charge in [-0.25, -0.2) is 0 Å². The Bertz CT molecular complexity index is 495. The van der Waals surface area contributed by atoms with E-state index in [-0.39, 0.29) is 11.2 Å². The van der Waals surface area contributed by atoms with Crippen LogP contribution in [0.15, 0.2) is 23.1 Å². The number of amides is 1. The van der Waals surface area contributed by atoms with E-state index in [1.54, 1.807) is 11.8 Å². The molecular formula is C13H15N3OS. The zero-order valence-corrected chi connectivity index (χ0v) is 11.0. The molecule has 1 atom stereocenters. The molecule has 1 heterocycles. The fraction of sp³-hybridized carbons (Fsp3) is 0.385. The first-order valence-corrected chi connectivity index (χ1v) is 6.77. The van der Waals surface area contributed by atoms with Crippen LogP contribution in [0.5, 0.6) is 0 Å². The third-order valence-corrected chi connectivity index (χ3v) is 3.95. The Hall–Kier alpha value is -1.51. The Balaban J connectivity index is 2.02. The summed E-state index contributed by atoms with van der Waals surface area (Å²) in [6.45, 7) is 3.04. The molecule has 0 bridgehead atoms. The molecule has 1 aromatic rings. The molecule has 0 radical (unpaired) electrons. The first kappa shape index (κ1) is 12.9. The molecule has 0 saturated carbocycles. The standard InChI is InChI=1S/C13H15N3OS/c1-9-13(17)16-11-8-10(2-3-12(11)18-9)4-6-15-7-5-14/h2-3,8-9,15H,4,6-7H2,1H3,(H,16,17). The van der Waals surface area contributed by atoms with Crippen LogP contribution in [0.4, 0.5) is 5.69 Å². The van der Waals surface area contributed by atoms with Gasteiger partial charge in [-0.3, -0.25) is 4.79 Å². The lowest BCUT2D eigenvalue weighted by molar-refractivity contribution is -0.115. The lowest BCUT2D eigenvalue weighted by Crippen LogP contribution is -2.26. The van der Waals surface area contributed by atoms with Gasteiger partial charge < -0.3 is 10.6 Å². The molecule has 0 saturated heterocycles. The molecule has 4 nitrogen and oxygen atoms in total. The van der Waals surface area contributed by atoms with Gasteiger partial charge in [-0.1, -0.05) is 6.07 Å². The topological polar surface area (TPSA) is 64.9 Å². The summed E-state index contributed by atoms with van der Waals surface area (Å²) < 4.78 is 0. The average Bonchev–Trinajstić information content (AvgIpc) is 2.36. The Kier molecular flexibility index (Phi) is 4.24. The highest BCUT2D eigenvalue weighted by atomic mass is 32.2. The Morgan fingerprint density at radius 1 is 1.56 bits per heavy atom. The molecule has 0 spiro atoms. The van der Waals surface area contributed by atoms with E-state index < -0.39 is 0 Å². The minimum atomic E-state index is -0.0272. The number of nitriles is 1. The molecule has 94 valence electrons. The van der Waals surface area contributed by atoms with Crippen molar-refractivity contribution in [3.8, 4) is 6.07 Å². The van der Waals surface area contributed by atoms with Crippen molar-refractivity contribution in [2.24, 2.45) is 0 Å². The van der Waals surface area contributed by atoms with Gasteiger partial charge in [-0.15, -0.1) is 11.8 Å². The molecule has 5 heteroatoms. The highest BCUT2D eigenvalue weighted by Crippen LogP contribution is 2.35. The van der Waals surface area contributed by atoms with Crippen molar-refractivity contribution in [3.63, 3.8) is 0 Å². The lowest BCUT2D eigenvalue weighted by Gasteiger charge is -2.21. The van der Waals surface area contributed by atoms with E-state index in [0.29, 0.717) is 6.54 Å². The van der Waals surface area contributed by atoms with Crippen LogP contribution in [0.2, 0.25) is 0 Å². The molecule has 1 aromatic carbocycles. The van der Waals surface area contributed by atoms with E-state index in [2.05, 4.69) is 22.8 Å². The molecule has 1 aliphatic rings. The van der Waals surface area contributed by atoms with Crippen molar-refractivity contribution in [1.29, 1.82) is 5.26 Å². The SMILES string of the molecule is CC1Sc2ccc(CCNCC#N)cc2NC1=O. The number of thioether (sulfide) groups is 1. The lowest BCUT2D eigenvalue weighted by atomic mass is 10.1. The first-order valence-electron chi connectivity index (χ1n) is 5.89. The molecule has 0 aliphatic carbocycles. The number of hydrogen-bond donors (Lipinski definition) is 2. The zero-order valence-electron chi connectivity index (χ0n) is 10.2. The van der Waals surface area contributed by atoms with Crippen molar-refractivity contribution in [1.82, 2.24) is 5.32 Å². The summed E-state index contributed by atoms with van der Waals surface area (Å²) in [5.41, 5.74) is 2.07. The first-order chi connectivity index (χ1) is 8.70. The number of hydrogen-bond acceptors (Lipinski definition) is 4. The van der Waals surface area contributed by atoms with Crippen LogP contribution in [0, 0.1) is 11.3 Å². The van der Waals surface area contributed by atoms with Crippen molar-refractivity contribution in [3.05, 3.63) is 23.8 Å². The second kappa shape index (κ2) is 5.89. The van der Waals surface area contributed by atoms with Crippen LogP contribution < -0.4 is 10.6 Å². The summed E-state index contributed by atoms with van der Waals surface area (Å²) in [7, 11) is 0. The van der Waals surface area contributed by atoms with Gasteiger partial charge in [0.15, 0.2) is 0 Å². The van der Waals surface area contributed by atoms with Gasteiger partial charge in [-0.2, -0.15) is 5.26 Å². The fourth-order valence-electron chi connectivity index (χ4n) is 1.79. The number of nitrogens with one attached hydrogen (secondary N) is 2. The van der Waals surface area contributed by atoms with Crippen molar-refractivity contribution in [2.75, 3.05) is 18.4 Å². The number of benzene rings is 1. The number of carbonyl (C=O) groups excluding carboxylic acids is 1. The molecule has 1 aliphatic heterocycles. The number of fused-ring (bicyclic) bond motifs is 1. The monoisotopic (exact) mass is 261 g/mol. The fourth-order valence-corrected chi connectivity index (χ4v) is 2.72. The van der Waals surface area contributed by atoms with Crippen LogP contribution in [-0.2, 0) is 11.2 Å². The summed E-state index contributed by atoms with van der Waals surface area (Å²) in [4.78, 5) is 12.7. The summed E-state index contributed by atoms with van der Waals surface area (Å²) in [5, 5.41) is 14.3. The van der Waals surface area contributed by atoms with Crippen molar-refractivity contribution >= 4 is 23.4 Å². The van der Waals surface area contributed by atoms with Crippen LogP contribution >= 0.6 is 11.8 Å². The number of nitrogens with zero attached hydrogens (tertiary/aromatic N) is 1. The largest absolute Gasteiger partial charge is 0.324 e. The summed E-state index contributed by atoms with van der Waals surface area (Å²) in [6, 6.07) is 8.18. The maximum Gasteiger partial charge on any atom is 0.237 e. The predicted octanol–water partition coefficient (Wildman–Crippen LogP) is 1.77. The van der Waals surface area contributed by atoms with Crippen molar-refractivity contribution < 1.29 is 4.79 Å². The molecule has 0 aromatic heterocycles. The minimum absolute atomic E-state index is 0.0272. The third-order valence-electron chi connectivity index (χ3n) is 2.77. The second-order valence-electron chi connectivity index (χ2n) is 4.16. The highest BCUT2D eigenvalue weighted by molar-refractivity contribution is 8.00. The number of anilines is 1. The highest BCUT2D eigenvalue weighted by Gasteiger charge is 2.22. The molecule has 18 heavy (non-hydrogen) atoms. The van der Waals surface area contributed by atoms with Crippen LogP contribution in [0.1, 0.15) is 12.5 Å². The molecule has 0 fully saturated rings. The molecule has 1 amide bonds. The van der Waals surface area contributed by atoms with E-state index in [1.807, 2.05) is 19.1 Å². The Morgan fingerprint density at radius 3 is 3.17 bits per heavy atom. The van der Waals surface area contributed by atoms with Gasteiger partial charge in [0.1, 0.15) is 0 Å². The second-order valence-corrected chi connectivity index (χ2v) is 5.55. The van der Waals surface area contributed by atoms with Gasteiger partial charge in [0.25, 0.3) is 0 Å². The van der Waals surface area contributed by atoms with Crippen LogP contribution in [0.25, 0.3) is 0 Å². The maximum absolute atomic E-state index is 11.6. The van der Waals surface area contributed by atoms with Crippen molar-refractivity contribution in [2.45, 2.75) is 23.5 Å². The minimum Gasteiger partial charge on any atom is -0.324 e. The molecule has 2 rings (SSSR count). The Labute approximate surface area is 111 Å². The summed E-state index contributed by atoms with van der Waals surface area (Å²) >= 11 is 1.59. The quantitative estimate of drug-likeness (QED) is 0.640. The van der Waals surface area contributed by atoms with Gasteiger partial charge in [-0.05, 0) is 31.0 Å². The van der Waals surface area contributed by atoms with E-state index in [9.17, 15) is 4.79 Å². The van der Waals surface area contributed by atoms with Gasteiger partial charge in [0.2, 0.25) is 5.91 Å². The van der Waals surface area contributed by atoms with Crippen LogP contribution in [-0.4, -0.2) is 24.2 Å². The van der Waals surface area contributed by atoms with E-state index >= 15 is 0 Å². The van der Waals surface area contributed by atoms with E-state index in [0.717, 1.165) is 29.1 Å². The summed E-state index contributed by atoms with van der Waals surface area (Å²) in [6.07, 6.45) is 0.852. The van der Waals surface area contributed by atoms with Crippen LogP contribution in [0.3, 0.4) is 0 Å². The zero-order chi connectivity index (χ0) is 13.0. The van der Waals surface area contributed by atoms with Gasteiger partial charge >= 0.3 is 0 Å². The number of carbonyl (C=O) groups is 1. The predicted molar refractivity (Wildman–Crippen MR) is 72.6 cm³/mol. The molecule has 2 N–H and O–H groups in total. The van der Waals surface area contributed by atoms with E-state index in [1.165, 1.54) is 0 Å². The summed E-state index contributed by atoms with van der Waals surface area (Å²) in [5.74, 6) is 0.0623. The third kappa shape index (κ3) is 3.03. The van der Waals surface area contributed by atoms with Gasteiger partial charge in [0, 0.05) is 11.4 Å². The molecular weight excluding hydrogens is 246 g/mol. The number of rotatable bonds is 4. The van der Waals surface area contributed by atoms with E-state index in [4.69, 9.17) is 5.26 Å². The van der Waals surface area contributed by atoms with Gasteiger partial charge in [0.05, 0.1) is 23.6 Å². The average molecular weight is 261 g/mol. The normalized spacial score (nSPS) is 17.8. The Morgan fingerprint density at radius 2 is 2.39 bits per heavy atom. The smallest absolute Gasteiger partial charge is 0.237 e.